The predicted molar refractivity (Wildman–Crippen MR) is 27.6 cm³/mol. The van der Waals surface area contributed by atoms with Gasteiger partial charge in [0.2, 0.25) is 0 Å². The molecule has 0 atom stereocenters. The normalized spacial score (nSPS) is 17.1. The Kier molecular flexibility index (Phi) is 2.62. The number of allylic oxidation sites excluding steroid dienone is 1. The Morgan fingerprint density at radius 3 is 1.89 bits per heavy atom. The van der Waals surface area contributed by atoms with Crippen LogP contribution >= 0.6 is 0 Å². The first-order valence-electron chi connectivity index (χ1n) is 2.22. The van der Waals surface area contributed by atoms with E-state index in [1.54, 1.807) is 0 Å². The molecule has 1 rings (SSSR count). The summed E-state index contributed by atoms with van der Waals surface area (Å²) < 4.78 is 0. The summed E-state index contributed by atoms with van der Waals surface area (Å²) in [6.45, 7) is 0. The predicted octanol–water partition coefficient (Wildman–Crippen LogP) is 1.16. The van der Waals surface area contributed by atoms with Crippen LogP contribution in [-0.4, -0.2) is 15.3 Å². The first-order chi connectivity index (χ1) is 3.72. The number of aliphatic hydroxyl groups excluding tert-OH is 3. The van der Waals surface area contributed by atoms with Crippen LogP contribution in [0.3, 0.4) is 0 Å². The van der Waals surface area contributed by atoms with E-state index in [1.807, 2.05) is 0 Å². The zero-order valence-electron chi connectivity index (χ0n) is 4.50. The summed E-state index contributed by atoms with van der Waals surface area (Å²) in [7, 11) is 0. The van der Waals surface area contributed by atoms with Crippen molar-refractivity contribution in [1.82, 2.24) is 0 Å². The van der Waals surface area contributed by atoms with Gasteiger partial charge in [0, 0.05) is 23.5 Å². The Labute approximate surface area is 62.8 Å². The first kappa shape index (κ1) is 8.40. The molecule has 0 aromatic rings. The summed E-state index contributed by atoms with van der Waals surface area (Å²) in [5, 5.41) is 25.7. The zero-order valence-corrected chi connectivity index (χ0v) is 5.68. The van der Waals surface area contributed by atoms with Crippen LogP contribution in [0.5, 0.6) is 0 Å². The average molecular weight is 169 g/mol. The molecule has 3 N–H and O–H groups in total. The van der Waals surface area contributed by atoms with E-state index in [-0.39, 0.29) is 35.0 Å². The third kappa shape index (κ3) is 1.40. The Bertz CT molecular complexity index is 166. The maximum Gasteiger partial charge on any atom is 0.195 e. The summed E-state index contributed by atoms with van der Waals surface area (Å²) in [4.78, 5) is 0. The molecule has 1 radical (unpaired) electrons. The summed E-state index contributed by atoms with van der Waals surface area (Å²) in [6, 6.07) is 0. The van der Waals surface area contributed by atoms with Crippen LogP contribution in [-0.2, 0) is 17.1 Å². The monoisotopic (exact) mass is 169 g/mol. The number of hydrogen-bond donors (Lipinski definition) is 3. The van der Waals surface area contributed by atoms with Crippen LogP contribution in [0.2, 0.25) is 0 Å². The summed E-state index contributed by atoms with van der Waals surface area (Å²) in [6.07, 6.45) is 1.57. The van der Waals surface area contributed by atoms with Crippen molar-refractivity contribution in [3.05, 3.63) is 23.4 Å². The second-order valence-corrected chi connectivity index (χ2v) is 1.59. The molecule has 3 nitrogen and oxygen atoms in total. The minimum absolute atomic E-state index is 0. The second-order valence-electron chi connectivity index (χ2n) is 1.59. The molecule has 0 amide bonds. The van der Waals surface area contributed by atoms with Crippen LogP contribution in [0.1, 0.15) is 6.42 Å². The molecule has 0 aromatic heterocycles. The molecular formula is C5H6MnO3. The van der Waals surface area contributed by atoms with E-state index in [9.17, 15) is 0 Å². The largest absolute Gasteiger partial charge is 0.508 e. The maximum absolute atomic E-state index is 8.59. The van der Waals surface area contributed by atoms with E-state index < -0.39 is 5.76 Å². The molecule has 0 spiro atoms. The Balaban J connectivity index is 0.000000640. The Morgan fingerprint density at radius 2 is 1.78 bits per heavy atom. The van der Waals surface area contributed by atoms with Crippen LogP contribution in [0.4, 0.5) is 0 Å². The summed E-state index contributed by atoms with van der Waals surface area (Å²) in [5.41, 5.74) is 0. The van der Waals surface area contributed by atoms with Gasteiger partial charge in [-0.3, -0.25) is 0 Å². The van der Waals surface area contributed by atoms with Crippen molar-refractivity contribution < 1.29 is 32.4 Å². The molecule has 0 fully saturated rings. The smallest absolute Gasteiger partial charge is 0.195 e. The van der Waals surface area contributed by atoms with Crippen molar-refractivity contribution in [2.24, 2.45) is 0 Å². The van der Waals surface area contributed by atoms with E-state index in [0.29, 0.717) is 0 Å². The van der Waals surface area contributed by atoms with Crippen molar-refractivity contribution >= 4 is 0 Å². The van der Waals surface area contributed by atoms with Crippen molar-refractivity contribution in [1.29, 1.82) is 0 Å². The van der Waals surface area contributed by atoms with Crippen molar-refractivity contribution in [3.8, 4) is 0 Å². The fraction of sp³-hybridized carbons (Fsp3) is 0.200. The van der Waals surface area contributed by atoms with Gasteiger partial charge in [0.25, 0.3) is 0 Å². The van der Waals surface area contributed by atoms with Crippen molar-refractivity contribution in [3.63, 3.8) is 0 Å². The number of rotatable bonds is 0. The first-order valence-corrected chi connectivity index (χ1v) is 2.22. The van der Waals surface area contributed by atoms with Crippen LogP contribution < -0.4 is 0 Å². The zero-order chi connectivity index (χ0) is 6.15. The molecule has 0 saturated carbocycles. The molecule has 1 aliphatic carbocycles. The van der Waals surface area contributed by atoms with Gasteiger partial charge in [-0.05, 0) is 6.08 Å². The molecule has 0 aromatic carbocycles. The van der Waals surface area contributed by atoms with Gasteiger partial charge >= 0.3 is 0 Å². The maximum atomic E-state index is 8.59. The van der Waals surface area contributed by atoms with Crippen LogP contribution in [0.25, 0.3) is 0 Å². The molecular weight excluding hydrogens is 163 g/mol. The topological polar surface area (TPSA) is 60.7 Å². The van der Waals surface area contributed by atoms with E-state index in [1.165, 1.54) is 6.08 Å². The quantitative estimate of drug-likeness (QED) is 0.476. The molecule has 0 unspecified atom stereocenters. The van der Waals surface area contributed by atoms with Gasteiger partial charge in [-0.25, -0.2) is 0 Å². The van der Waals surface area contributed by atoms with Crippen molar-refractivity contribution in [2.75, 3.05) is 0 Å². The summed E-state index contributed by atoms with van der Waals surface area (Å²) in [5.74, 6) is -0.796. The Morgan fingerprint density at radius 1 is 1.22 bits per heavy atom. The molecule has 1 aliphatic rings. The van der Waals surface area contributed by atoms with Crippen LogP contribution in [0, 0.1) is 0 Å². The van der Waals surface area contributed by atoms with Gasteiger partial charge in [0.15, 0.2) is 11.5 Å². The summed E-state index contributed by atoms with van der Waals surface area (Å²) >= 11 is 0. The fourth-order valence-corrected chi connectivity index (χ4v) is 0.535. The molecule has 9 heavy (non-hydrogen) atoms. The van der Waals surface area contributed by atoms with Gasteiger partial charge in [-0.1, -0.05) is 0 Å². The Hall–Kier alpha value is -0.601. The molecule has 0 heterocycles. The standard InChI is InChI=1S/C5H6O3.Mn/c6-3-1-2-4(7)5(3)8;/h1,6-8H,2H2;. The van der Waals surface area contributed by atoms with E-state index in [4.69, 9.17) is 15.3 Å². The van der Waals surface area contributed by atoms with E-state index in [2.05, 4.69) is 0 Å². The third-order valence-corrected chi connectivity index (χ3v) is 1.00. The average Bonchev–Trinajstić information content (AvgIpc) is 1.98. The minimum atomic E-state index is -0.398. The molecule has 0 aliphatic heterocycles. The van der Waals surface area contributed by atoms with Gasteiger partial charge in [0.05, 0.1) is 0 Å². The third-order valence-electron chi connectivity index (χ3n) is 1.00. The van der Waals surface area contributed by atoms with Gasteiger partial charge in [0.1, 0.15) is 5.76 Å². The van der Waals surface area contributed by atoms with Gasteiger partial charge < -0.3 is 15.3 Å². The molecule has 4 heteroatoms. The van der Waals surface area contributed by atoms with Gasteiger partial charge in [-0.15, -0.1) is 0 Å². The molecule has 51 valence electrons. The number of aliphatic hydroxyl groups is 3. The van der Waals surface area contributed by atoms with E-state index >= 15 is 0 Å². The van der Waals surface area contributed by atoms with Crippen molar-refractivity contribution in [2.45, 2.75) is 6.42 Å². The number of hydrogen-bond acceptors (Lipinski definition) is 3. The SMILES string of the molecule is OC1=CCC(O)=C1O.[Mn]. The minimum Gasteiger partial charge on any atom is -0.508 e. The van der Waals surface area contributed by atoms with Gasteiger partial charge in [-0.2, -0.15) is 0 Å². The van der Waals surface area contributed by atoms with E-state index in [0.717, 1.165) is 0 Å². The van der Waals surface area contributed by atoms with Crippen LogP contribution in [0.15, 0.2) is 23.4 Å². The second kappa shape index (κ2) is 2.80. The fourth-order valence-electron chi connectivity index (χ4n) is 0.535. The molecule has 0 saturated heterocycles. The molecule has 0 bridgehead atoms.